The number of rotatable bonds is 3. The Hall–Kier alpha value is -3.58. The highest BCUT2D eigenvalue weighted by atomic mass is 16.3. The molecular weight excluding hydrogens is 414 g/mol. The van der Waals surface area contributed by atoms with Crippen LogP contribution in [0.1, 0.15) is 29.2 Å². The summed E-state index contributed by atoms with van der Waals surface area (Å²) < 4.78 is 2.00. The lowest BCUT2D eigenvalue weighted by atomic mass is 9.77. The summed E-state index contributed by atoms with van der Waals surface area (Å²) in [5.41, 5.74) is 3.19. The van der Waals surface area contributed by atoms with Crippen LogP contribution >= 0.6 is 0 Å². The number of aliphatic hydroxyl groups is 1. The number of fused-ring (bicyclic) bond motifs is 2. The molecule has 1 aromatic carbocycles. The molecule has 0 spiro atoms. The minimum atomic E-state index is -0.421. The van der Waals surface area contributed by atoms with Crippen LogP contribution in [0, 0.1) is 11.8 Å². The molecule has 2 aliphatic rings. The van der Waals surface area contributed by atoms with Crippen LogP contribution in [0.15, 0.2) is 73.6 Å². The van der Waals surface area contributed by atoms with Gasteiger partial charge in [0, 0.05) is 48.8 Å². The lowest BCUT2D eigenvalue weighted by Crippen LogP contribution is -2.35. The zero-order chi connectivity index (χ0) is 22.4. The van der Waals surface area contributed by atoms with E-state index in [2.05, 4.69) is 9.97 Å². The number of aromatic nitrogens is 4. The van der Waals surface area contributed by atoms with Gasteiger partial charge < -0.3 is 14.6 Å². The zero-order valence-corrected chi connectivity index (χ0v) is 18.2. The molecule has 4 heterocycles. The number of benzene rings is 1. The minimum absolute atomic E-state index is 0.0175. The van der Waals surface area contributed by atoms with Crippen LogP contribution in [-0.4, -0.2) is 54.6 Å². The Morgan fingerprint density at radius 1 is 0.970 bits per heavy atom. The summed E-state index contributed by atoms with van der Waals surface area (Å²) in [6.45, 7) is 1.39. The number of imidazole rings is 1. The molecule has 0 radical (unpaired) electrons. The Morgan fingerprint density at radius 3 is 2.55 bits per heavy atom. The van der Waals surface area contributed by atoms with E-state index in [9.17, 15) is 9.90 Å². The number of hydrogen-bond acceptors (Lipinski definition) is 5. The van der Waals surface area contributed by atoms with Crippen molar-refractivity contribution in [2.75, 3.05) is 13.1 Å². The Balaban J connectivity index is 1.31. The maximum absolute atomic E-state index is 13.8. The fourth-order valence-corrected chi connectivity index (χ4v) is 5.55. The molecule has 1 aliphatic carbocycles. The standard InChI is InChI=1S/C26H25N5O2/c32-25-12-19-15-31(14-18(19)11-24(25)30-10-9-28-16-30)26(33)21-13-23(17-5-7-27-8-6-17)29-22-4-2-1-3-20(21)22/h1-10,13,16,18-19,24-25,32H,11-12,14-15H2/t18-,19+,24-,25-/m1/s1. The predicted octanol–water partition coefficient (Wildman–Crippen LogP) is 3.58. The summed E-state index contributed by atoms with van der Waals surface area (Å²) in [6, 6.07) is 13.6. The normalized spacial score (nSPS) is 24.7. The molecule has 0 bridgehead atoms. The van der Waals surface area contributed by atoms with Crippen molar-refractivity contribution in [3.05, 3.63) is 79.1 Å². The van der Waals surface area contributed by atoms with E-state index in [1.54, 1.807) is 24.9 Å². The second-order valence-electron chi connectivity index (χ2n) is 9.15. The molecule has 0 unspecified atom stereocenters. The molecular formula is C26H25N5O2. The molecule has 1 N–H and O–H groups in total. The SMILES string of the molecule is O=C(c1cc(-c2ccncc2)nc2ccccc12)N1C[C@H]2C[C@@H](n3ccnc3)[C@H](O)C[C@H]2C1. The molecule has 7 heteroatoms. The highest BCUT2D eigenvalue weighted by molar-refractivity contribution is 6.07. The van der Waals surface area contributed by atoms with Crippen molar-refractivity contribution in [1.29, 1.82) is 0 Å². The first-order chi connectivity index (χ1) is 16.2. The quantitative estimate of drug-likeness (QED) is 0.528. The number of nitrogens with zero attached hydrogens (tertiary/aromatic N) is 5. The van der Waals surface area contributed by atoms with Crippen molar-refractivity contribution in [2.45, 2.75) is 25.0 Å². The fraction of sp³-hybridized carbons (Fsp3) is 0.308. The van der Waals surface area contributed by atoms with Gasteiger partial charge in [0.25, 0.3) is 5.91 Å². The molecule has 1 aliphatic heterocycles. The topological polar surface area (TPSA) is 84.1 Å². The predicted molar refractivity (Wildman–Crippen MR) is 124 cm³/mol. The van der Waals surface area contributed by atoms with Gasteiger partial charge >= 0.3 is 0 Å². The molecule has 6 rings (SSSR count). The van der Waals surface area contributed by atoms with E-state index in [1.807, 2.05) is 58.1 Å². The number of hydrogen-bond donors (Lipinski definition) is 1. The summed E-state index contributed by atoms with van der Waals surface area (Å²) in [6.07, 6.45) is 10.0. The maximum atomic E-state index is 13.8. The van der Waals surface area contributed by atoms with Gasteiger partial charge in [-0.1, -0.05) is 18.2 Å². The molecule has 4 atom stereocenters. The fourth-order valence-electron chi connectivity index (χ4n) is 5.55. The monoisotopic (exact) mass is 439 g/mol. The van der Waals surface area contributed by atoms with E-state index in [0.29, 0.717) is 36.9 Å². The molecule has 4 aromatic rings. The van der Waals surface area contributed by atoms with Crippen LogP contribution in [0.5, 0.6) is 0 Å². The first kappa shape index (κ1) is 20.1. The number of amides is 1. The van der Waals surface area contributed by atoms with Crippen molar-refractivity contribution in [2.24, 2.45) is 11.8 Å². The van der Waals surface area contributed by atoms with Crippen molar-refractivity contribution in [1.82, 2.24) is 24.4 Å². The van der Waals surface area contributed by atoms with Gasteiger partial charge in [0.15, 0.2) is 0 Å². The number of pyridine rings is 2. The van der Waals surface area contributed by atoms with E-state index in [4.69, 9.17) is 4.98 Å². The van der Waals surface area contributed by atoms with Crippen molar-refractivity contribution in [3.63, 3.8) is 0 Å². The van der Waals surface area contributed by atoms with E-state index < -0.39 is 6.10 Å². The van der Waals surface area contributed by atoms with Crippen LogP contribution < -0.4 is 0 Å². The maximum Gasteiger partial charge on any atom is 0.254 e. The van der Waals surface area contributed by atoms with Gasteiger partial charge in [-0.2, -0.15) is 0 Å². The molecule has 1 saturated carbocycles. The smallest absolute Gasteiger partial charge is 0.254 e. The first-order valence-electron chi connectivity index (χ1n) is 11.4. The first-order valence-corrected chi connectivity index (χ1v) is 11.4. The van der Waals surface area contributed by atoms with Crippen molar-refractivity contribution >= 4 is 16.8 Å². The van der Waals surface area contributed by atoms with Gasteiger partial charge in [-0.05, 0) is 48.9 Å². The van der Waals surface area contributed by atoms with Crippen molar-refractivity contribution < 1.29 is 9.90 Å². The van der Waals surface area contributed by atoms with Gasteiger partial charge in [0.1, 0.15) is 0 Å². The van der Waals surface area contributed by atoms with Crippen LogP contribution in [0.2, 0.25) is 0 Å². The Labute approximate surface area is 191 Å². The number of carbonyl (C=O) groups excluding carboxylic acids is 1. The van der Waals surface area contributed by atoms with Crippen LogP contribution in [-0.2, 0) is 0 Å². The third kappa shape index (κ3) is 3.58. The Bertz CT molecular complexity index is 1290. The van der Waals surface area contributed by atoms with Crippen LogP contribution in [0.4, 0.5) is 0 Å². The van der Waals surface area contributed by atoms with E-state index in [1.165, 1.54) is 0 Å². The molecule has 1 amide bonds. The zero-order valence-electron chi connectivity index (χ0n) is 18.2. The van der Waals surface area contributed by atoms with Gasteiger partial charge in [-0.3, -0.25) is 9.78 Å². The molecule has 3 aromatic heterocycles. The third-order valence-corrected chi connectivity index (χ3v) is 7.23. The highest BCUT2D eigenvalue weighted by Gasteiger charge is 2.43. The van der Waals surface area contributed by atoms with Gasteiger partial charge in [0.2, 0.25) is 0 Å². The Kier molecular flexibility index (Phi) is 4.91. The van der Waals surface area contributed by atoms with Gasteiger partial charge in [-0.25, -0.2) is 9.97 Å². The number of aliphatic hydroxyl groups excluding tert-OH is 1. The molecule has 1 saturated heterocycles. The summed E-state index contributed by atoms with van der Waals surface area (Å²) in [5, 5.41) is 11.6. The third-order valence-electron chi connectivity index (χ3n) is 7.23. The summed E-state index contributed by atoms with van der Waals surface area (Å²) in [5.74, 6) is 0.723. The number of likely N-dealkylation sites (tertiary alicyclic amines) is 1. The van der Waals surface area contributed by atoms with Crippen molar-refractivity contribution in [3.8, 4) is 11.3 Å². The lowest BCUT2D eigenvalue weighted by Gasteiger charge is -2.35. The summed E-state index contributed by atoms with van der Waals surface area (Å²) >= 11 is 0. The average molecular weight is 440 g/mol. The average Bonchev–Trinajstić information content (AvgIpc) is 3.53. The van der Waals surface area contributed by atoms with Gasteiger partial charge in [0.05, 0.1) is 35.2 Å². The molecule has 33 heavy (non-hydrogen) atoms. The second-order valence-corrected chi connectivity index (χ2v) is 9.15. The number of para-hydroxylation sites is 1. The molecule has 7 nitrogen and oxygen atoms in total. The van der Waals surface area contributed by atoms with E-state index in [-0.39, 0.29) is 11.9 Å². The van der Waals surface area contributed by atoms with E-state index >= 15 is 0 Å². The molecule has 2 fully saturated rings. The highest BCUT2D eigenvalue weighted by Crippen LogP contribution is 2.42. The molecule has 166 valence electrons. The van der Waals surface area contributed by atoms with Crippen LogP contribution in [0.25, 0.3) is 22.2 Å². The van der Waals surface area contributed by atoms with Gasteiger partial charge in [-0.15, -0.1) is 0 Å². The number of carbonyl (C=O) groups is 1. The second kappa shape index (κ2) is 8.08. The summed E-state index contributed by atoms with van der Waals surface area (Å²) in [7, 11) is 0. The van der Waals surface area contributed by atoms with Crippen LogP contribution in [0.3, 0.4) is 0 Å². The van der Waals surface area contributed by atoms with E-state index in [0.717, 1.165) is 28.6 Å². The Morgan fingerprint density at radius 2 is 1.76 bits per heavy atom. The largest absolute Gasteiger partial charge is 0.391 e. The lowest BCUT2D eigenvalue weighted by molar-refractivity contribution is 0.0357. The summed E-state index contributed by atoms with van der Waals surface area (Å²) in [4.78, 5) is 28.8. The minimum Gasteiger partial charge on any atom is -0.391 e.